The average molecular weight is 291 g/mol. The van der Waals surface area contributed by atoms with Gasteiger partial charge >= 0.3 is 11.7 Å². The molecule has 0 heterocycles. The summed E-state index contributed by atoms with van der Waals surface area (Å²) in [5.41, 5.74) is 1.09. The Bertz CT molecular complexity index is 575. The maximum Gasteiger partial charge on any atom is 0.505 e. The molecule has 2 aromatic carbocycles. The highest BCUT2D eigenvalue weighted by molar-refractivity contribution is 7.65. The first kappa shape index (κ1) is 15.8. The van der Waals surface area contributed by atoms with Gasteiger partial charge < -0.3 is 9.84 Å². The van der Waals surface area contributed by atoms with Gasteiger partial charge in [-0.05, 0) is 30.7 Å². The number of carbonyl (C=O) groups is 1. The number of aryl methyl sites for hydroxylation is 1. The van der Waals surface area contributed by atoms with E-state index >= 15 is 0 Å². The maximum absolute atomic E-state index is 10.5. The lowest BCUT2D eigenvalue weighted by molar-refractivity contribution is -0.134. The largest absolute Gasteiger partial charge is 0.505 e. The van der Waals surface area contributed by atoms with Crippen LogP contribution in [0.2, 0.25) is 0 Å². The van der Waals surface area contributed by atoms with Crippen LogP contribution in [0.3, 0.4) is 0 Å². The van der Waals surface area contributed by atoms with Crippen molar-refractivity contribution in [1.82, 2.24) is 0 Å². The van der Waals surface area contributed by atoms with E-state index in [-0.39, 0.29) is 0 Å². The second-order valence-corrected chi connectivity index (χ2v) is 4.58. The van der Waals surface area contributed by atoms with Crippen molar-refractivity contribution in [2.75, 3.05) is 0 Å². The number of benzene rings is 2. The quantitative estimate of drug-likeness (QED) is 0.876. The molecule has 104 valence electrons. The second-order valence-electron chi connectivity index (χ2n) is 3.94. The Balaban J connectivity index is 0.000000444. The molecule has 0 saturated carbocycles. The lowest BCUT2D eigenvalue weighted by Gasteiger charge is -2.07. The van der Waals surface area contributed by atoms with Crippen LogP contribution in [-0.2, 0) is 20.7 Å². The zero-order valence-corrected chi connectivity index (χ0v) is 12.0. The van der Waals surface area contributed by atoms with E-state index in [0.717, 1.165) is 24.0 Å². The van der Waals surface area contributed by atoms with Crippen LogP contribution in [0.25, 0.3) is 0 Å². The Morgan fingerprint density at radius 3 is 2.15 bits per heavy atom. The summed E-state index contributed by atoms with van der Waals surface area (Å²) in [5.74, 6) is 0.747. The molecule has 2 rings (SSSR count). The highest BCUT2D eigenvalue weighted by Gasteiger charge is 2.06. The predicted octanol–water partition coefficient (Wildman–Crippen LogP) is 3.67. The summed E-state index contributed by atoms with van der Waals surface area (Å²) in [5, 5.41) is 7.42. The molecular weight excluding hydrogens is 276 g/mol. The van der Waals surface area contributed by atoms with Gasteiger partial charge in [0.25, 0.3) is 10.9 Å². The molecule has 0 aliphatic heterocycles. The van der Waals surface area contributed by atoms with Crippen LogP contribution in [0.1, 0.15) is 12.5 Å². The third kappa shape index (κ3) is 5.58. The zero-order chi connectivity index (χ0) is 15.0. The number of aliphatic carboxylic acids is 1. The van der Waals surface area contributed by atoms with Crippen molar-refractivity contribution in [3.63, 3.8) is 0 Å². The van der Waals surface area contributed by atoms with Crippen molar-refractivity contribution < 1.29 is 18.8 Å². The van der Waals surface area contributed by atoms with E-state index in [4.69, 9.17) is 14.6 Å². The van der Waals surface area contributed by atoms with Crippen LogP contribution >= 0.6 is 0 Å². The predicted molar refractivity (Wildman–Crippen MR) is 77.3 cm³/mol. The van der Waals surface area contributed by atoms with E-state index in [1.165, 1.54) is 0 Å². The van der Waals surface area contributed by atoms with E-state index < -0.39 is 5.97 Å². The number of ether oxygens (including phenoxy) is 1. The summed E-state index contributed by atoms with van der Waals surface area (Å²) in [6.45, 7) is 3.08. The highest BCUT2D eigenvalue weighted by Crippen LogP contribution is 2.24. The van der Waals surface area contributed by atoms with E-state index in [0.29, 0.717) is 16.6 Å². The maximum atomic E-state index is 10.5. The van der Waals surface area contributed by atoms with Crippen molar-refractivity contribution in [2.24, 2.45) is 0 Å². The first-order valence-electron chi connectivity index (χ1n) is 5.86. The number of carboxylic acids is 1. The highest BCUT2D eigenvalue weighted by atomic mass is 32.1. The number of carboxylic acid groups (broad SMARTS) is 1. The van der Waals surface area contributed by atoms with Gasteiger partial charge in [-0.15, -0.1) is 0 Å². The molecule has 0 radical (unpaired) electrons. The minimum absolute atomic E-state index is 0.481. The fraction of sp³-hybridized carbons (Fsp3) is 0.133. The molecular formula is C15H15O4S+. The SMILES string of the molecule is CC(=O)O.Cc1ccccc1Oc1ccc([S+]=O)cc1. The van der Waals surface area contributed by atoms with Gasteiger partial charge in [-0.2, -0.15) is 0 Å². The van der Waals surface area contributed by atoms with Crippen LogP contribution < -0.4 is 4.74 Å². The number of para-hydroxylation sites is 1. The molecule has 0 aromatic heterocycles. The molecule has 1 N–H and O–H groups in total. The van der Waals surface area contributed by atoms with Crippen molar-refractivity contribution in [2.45, 2.75) is 18.7 Å². The van der Waals surface area contributed by atoms with Gasteiger partial charge in [0.05, 0.1) is 0 Å². The fourth-order valence-corrected chi connectivity index (χ4v) is 1.61. The van der Waals surface area contributed by atoms with Gasteiger partial charge in [-0.25, -0.2) is 0 Å². The smallest absolute Gasteiger partial charge is 0.481 e. The van der Waals surface area contributed by atoms with Crippen molar-refractivity contribution in [3.8, 4) is 11.5 Å². The van der Waals surface area contributed by atoms with Crippen LogP contribution in [-0.4, -0.2) is 11.1 Å². The van der Waals surface area contributed by atoms with Crippen LogP contribution in [0, 0.1) is 6.92 Å². The molecule has 4 nitrogen and oxygen atoms in total. The second kappa shape index (κ2) is 8.01. The number of hydrogen-bond donors (Lipinski definition) is 1. The summed E-state index contributed by atoms with van der Waals surface area (Å²) in [7, 11) is 0. The summed E-state index contributed by atoms with van der Waals surface area (Å²) in [6.07, 6.45) is 0. The Labute approximate surface area is 121 Å². The van der Waals surface area contributed by atoms with E-state index in [9.17, 15) is 4.21 Å². The van der Waals surface area contributed by atoms with Gasteiger partial charge in [0.1, 0.15) is 11.5 Å². The zero-order valence-electron chi connectivity index (χ0n) is 11.2. The first-order valence-corrected chi connectivity index (χ1v) is 6.60. The molecule has 0 spiro atoms. The van der Waals surface area contributed by atoms with Gasteiger partial charge in [0.15, 0.2) is 0 Å². The van der Waals surface area contributed by atoms with Gasteiger partial charge in [-0.3, -0.25) is 4.79 Å². The van der Waals surface area contributed by atoms with Gasteiger partial charge in [0.2, 0.25) is 0 Å². The topological polar surface area (TPSA) is 63.6 Å². The third-order valence-electron chi connectivity index (χ3n) is 2.24. The minimum atomic E-state index is -0.833. The first-order chi connectivity index (χ1) is 9.52. The normalized spacial score (nSPS) is 9.10. The Hall–Kier alpha value is -2.27. The monoisotopic (exact) mass is 291 g/mol. The lowest BCUT2D eigenvalue weighted by atomic mass is 10.2. The Morgan fingerprint density at radius 2 is 1.65 bits per heavy atom. The van der Waals surface area contributed by atoms with E-state index in [2.05, 4.69) is 0 Å². The van der Waals surface area contributed by atoms with Gasteiger partial charge in [0, 0.05) is 23.3 Å². The molecule has 2 aromatic rings. The van der Waals surface area contributed by atoms with Crippen LogP contribution in [0.4, 0.5) is 0 Å². The standard InChI is InChI=1S/C13H11O2S.C2H4O2/c1-10-4-2-3-5-13(10)15-11-6-8-12(16-14)9-7-11;1-2(3)4/h2-9H,1H3;1H3,(H,3,4)/q+1;. The van der Waals surface area contributed by atoms with Crippen LogP contribution in [0.5, 0.6) is 11.5 Å². The van der Waals surface area contributed by atoms with Crippen molar-refractivity contribution in [3.05, 3.63) is 54.1 Å². The Morgan fingerprint density at radius 1 is 1.10 bits per heavy atom. The molecule has 0 atom stereocenters. The molecule has 5 heteroatoms. The molecule has 0 unspecified atom stereocenters. The molecule has 0 bridgehead atoms. The summed E-state index contributed by atoms with van der Waals surface area (Å²) in [6, 6.07) is 14.9. The molecule has 0 aliphatic rings. The molecule has 0 fully saturated rings. The fourth-order valence-electron chi connectivity index (χ4n) is 1.36. The van der Waals surface area contributed by atoms with Crippen molar-refractivity contribution >= 4 is 17.6 Å². The minimum Gasteiger partial charge on any atom is -0.481 e. The van der Waals surface area contributed by atoms with Crippen LogP contribution in [0.15, 0.2) is 53.4 Å². The molecule has 0 amide bonds. The summed E-state index contributed by atoms with van der Waals surface area (Å²) < 4.78 is 16.2. The van der Waals surface area contributed by atoms with E-state index in [1.54, 1.807) is 24.3 Å². The lowest BCUT2D eigenvalue weighted by Crippen LogP contribution is -1.86. The van der Waals surface area contributed by atoms with E-state index in [1.807, 2.05) is 31.2 Å². The number of hydrogen-bond acceptors (Lipinski definition) is 3. The van der Waals surface area contributed by atoms with Crippen molar-refractivity contribution in [1.29, 1.82) is 0 Å². The van der Waals surface area contributed by atoms with Gasteiger partial charge in [-0.1, -0.05) is 18.2 Å². The average Bonchev–Trinajstić information content (AvgIpc) is 2.42. The number of rotatable bonds is 3. The molecule has 0 saturated heterocycles. The summed E-state index contributed by atoms with van der Waals surface area (Å²) >= 11 is 0.481. The summed E-state index contributed by atoms with van der Waals surface area (Å²) in [4.78, 5) is 9.69. The molecule has 0 aliphatic carbocycles. The molecule has 20 heavy (non-hydrogen) atoms. The Kier molecular flexibility index (Phi) is 6.32. The third-order valence-corrected chi connectivity index (χ3v) is 2.71.